The van der Waals surface area contributed by atoms with Crippen LogP contribution < -0.4 is 5.56 Å². The number of carbonyl (C=O) groups is 1. The molecule has 0 N–H and O–H groups in total. The second-order valence-electron chi connectivity index (χ2n) is 4.48. The van der Waals surface area contributed by atoms with Crippen LogP contribution >= 0.6 is 0 Å². The van der Waals surface area contributed by atoms with Crippen molar-refractivity contribution in [2.45, 2.75) is 6.42 Å². The van der Waals surface area contributed by atoms with E-state index >= 15 is 0 Å². The normalized spacial score (nSPS) is 10.7. The van der Waals surface area contributed by atoms with Crippen molar-refractivity contribution in [3.05, 3.63) is 46.5 Å². The largest absolute Gasteiger partial charge is 0.385 e. The lowest BCUT2D eigenvalue weighted by atomic mass is 10.2. The second kappa shape index (κ2) is 6.29. The van der Waals surface area contributed by atoms with Crippen molar-refractivity contribution < 1.29 is 9.53 Å². The molecule has 0 saturated heterocycles. The summed E-state index contributed by atoms with van der Waals surface area (Å²) in [5, 5.41) is 0. The molecule has 0 atom stereocenters. The van der Waals surface area contributed by atoms with Crippen LogP contribution in [0.15, 0.2) is 35.4 Å². The lowest BCUT2D eigenvalue weighted by molar-refractivity contribution is 0.0777. The summed E-state index contributed by atoms with van der Waals surface area (Å²) in [6, 6.07) is 5.24. The van der Waals surface area contributed by atoms with Gasteiger partial charge in [-0.25, -0.2) is 4.98 Å². The molecule has 1 amide bonds. The minimum absolute atomic E-state index is 0.0774. The summed E-state index contributed by atoms with van der Waals surface area (Å²) < 4.78 is 6.31. The Hall–Kier alpha value is -2.21. The van der Waals surface area contributed by atoms with Gasteiger partial charge in [-0.1, -0.05) is 6.07 Å². The molecule has 0 aliphatic heterocycles. The summed E-state index contributed by atoms with van der Waals surface area (Å²) in [7, 11) is 3.28. The Morgan fingerprint density at radius 3 is 3.00 bits per heavy atom. The lowest BCUT2D eigenvalue weighted by Crippen LogP contribution is -2.34. The minimum atomic E-state index is -0.348. The third kappa shape index (κ3) is 2.85. The van der Waals surface area contributed by atoms with Crippen LogP contribution in [0.25, 0.3) is 5.65 Å². The number of rotatable bonds is 5. The van der Waals surface area contributed by atoms with Gasteiger partial charge in [-0.2, -0.15) is 0 Å². The van der Waals surface area contributed by atoms with Crippen molar-refractivity contribution in [2.75, 3.05) is 27.3 Å². The van der Waals surface area contributed by atoms with Gasteiger partial charge in [0.1, 0.15) is 11.2 Å². The SMILES string of the molecule is COCCCN(C)C(=O)c1cnc2ccccn2c1=O. The molecule has 0 fully saturated rings. The van der Waals surface area contributed by atoms with Crippen molar-refractivity contribution in [3.8, 4) is 0 Å². The number of carbonyl (C=O) groups excluding carboxylic acids is 1. The third-order valence-corrected chi connectivity index (χ3v) is 3.03. The zero-order valence-electron chi connectivity index (χ0n) is 11.6. The molecule has 106 valence electrons. The van der Waals surface area contributed by atoms with Crippen molar-refractivity contribution in [2.24, 2.45) is 0 Å². The van der Waals surface area contributed by atoms with E-state index in [1.807, 2.05) is 0 Å². The van der Waals surface area contributed by atoms with Crippen molar-refractivity contribution in [3.63, 3.8) is 0 Å². The first kappa shape index (κ1) is 14.2. The van der Waals surface area contributed by atoms with E-state index in [1.165, 1.54) is 15.5 Å². The predicted molar refractivity (Wildman–Crippen MR) is 74.9 cm³/mol. The molecule has 0 aromatic carbocycles. The molecule has 0 spiro atoms. The highest BCUT2D eigenvalue weighted by atomic mass is 16.5. The highest BCUT2D eigenvalue weighted by Crippen LogP contribution is 2.01. The summed E-state index contributed by atoms with van der Waals surface area (Å²) in [6.07, 6.45) is 3.67. The quantitative estimate of drug-likeness (QED) is 0.757. The summed E-state index contributed by atoms with van der Waals surface area (Å²) in [5.41, 5.74) is 0.254. The van der Waals surface area contributed by atoms with E-state index in [-0.39, 0.29) is 17.0 Å². The van der Waals surface area contributed by atoms with Gasteiger partial charge in [0.15, 0.2) is 0 Å². The zero-order chi connectivity index (χ0) is 14.5. The van der Waals surface area contributed by atoms with E-state index in [0.717, 1.165) is 6.42 Å². The third-order valence-electron chi connectivity index (χ3n) is 3.03. The fourth-order valence-corrected chi connectivity index (χ4v) is 1.93. The molecule has 0 saturated carbocycles. The molecule has 0 radical (unpaired) electrons. The molecule has 6 heteroatoms. The minimum Gasteiger partial charge on any atom is -0.385 e. The van der Waals surface area contributed by atoms with Crippen LogP contribution in [0.1, 0.15) is 16.8 Å². The van der Waals surface area contributed by atoms with Gasteiger partial charge in [0.25, 0.3) is 11.5 Å². The summed E-state index contributed by atoms with van der Waals surface area (Å²) in [4.78, 5) is 30.1. The average molecular weight is 275 g/mol. The number of amides is 1. The Morgan fingerprint density at radius 1 is 1.45 bits per heavy atom. The summed E-state index contributed by atoms with van der Waals surface area (Å²) >= 11 is 0. The average Bonchev–Trinajstić information content (AvgIpc) is 2.47. The van der Waals surface area contributed by atoms with Crippen LogP contribution in [0.3, 0.4) is 0 Å². The van der Waals surface area contributed by atoms with Crippen LogP contribution in [0.4, 0.5) is 0 Å². The molecule has 2 aromatic rings. The highest BCUT2D eigenvalue weighted by molar-refractivity contribution is 5.93. The monoisotopic (exact) mass is 275 g/mol. The van der Waals surface area contributed by atoms with Crippen molar-refractivity contribution >= 4 is 11.6 Å². The molecule has 0 aliphatic carbocycles. The Labute approximate surface area is 116 Å². The second-order valence-corrected chi connectivity index (χ2v) is 4.48. The zero-order valence-corrected chi connectivity index (χ0v) is 11.6. The standard InChI is InChI=1S/C14H17N3O3/c1-16(7-5-9-20-2)13(18)11-10-15-12-6-3-4-8-17(12)14(11)19/h3-4,6,8,10H,5,7,9H2,1-2H3. The molecule has 20 heavy (non-hydrogen) atoms. The maximum Gasteiger partial charge on any atom is 0.270 e. The van der Waals surface area contributed by atoms with Gasteiger partial charge >= 0.3 is 0 Å². The van der Waals surface area contributed by atoms with E-state index in [2.05, 4.69) is 4.98 Å². The van der Waals surface area contributed by atoms with Gasteiger partial charge < -0.3 is 9.64 Å². The Bertz CT molecular complexity index is 666. The fourth-order valence-electron chi connectivity index (χ4n) is 1.93. The summed E-state index contributed by atoms with van der Waals surface area (Å²) in [6.45, 7) is 1.11. The maximum absolute atomic E-state index is 12.3. The number of pyridine rings is 1. The predicted octanol–water partition coefficient (Wildman–Crippen LogP) is 0.803. The van der Waals surface area contributed by atoms with E-state index < -0.39 is 0 Å². The molecule has 0 bridgehead atoms. The molecule has 6 nitrogen and oxygen atoms in total. The molecule has 2 rings (SSSR count). The van der Waals surface area contributed by atoms with E-state index in [9.17, 15) is 9.59 Å². The lowest BCUT2D eigenvalue weighted by Gasteiger charge is -2.16. The number of methoxy groups -OCH3 is 1. The maximum atomic E-state index is 12.3. The number of hydrogen-bond donors (Lipinski definition) is 0. The van der Waals surface area contributed by atoms with Gasteiger partial charge in [0, 0.05) is 39.7 Å². The summed E-state index contributed by atoms with van der Waals surface area (Å²) in [5.74, 6) is -0.322. The fraction of sp³-hybridized carbons (Fsp3) is 0.357. The number of nitrogens with zero attached hydrogens (tertiary/aromatic N) is 3. The van der Waals surface area contributed by atoms with E-state index in [1.54, 1.807) is 38.6 Å². The van der Waals surface area contributed by atoms with E-state index in [4.69, 9.17) is 4.74 Å². The molecular formula is C14H17N3O3. The van der Waals surface area contributed by atoms with E-state index in [0.29, 0.717) is 18.8 Å². The van der Waals surface area contributed by atoms with Gasteiger partial charge in [-0.15, -0.1) is 0 Å². The van der Waals surface area contributed by atoms with Crippen LogP contribution in [0.2, 0.25) is 0 Å². The first-order valence-corrected chi connectivity index (χ1v) is 6.36. The number of fused-ring (bicyclic) bond motifs is 1. The molecule has 2 heterocycles. The number of hydrogen-bond acceptors (Lipinski definition) is 4. The molecule has 0 aliphatic rings. The Morgan fingerprint density at radius 2 is 2.25 bits per heavy atom. The van der Waals surface area contributed by atoms with Crippen molar-refractivity contribution in [1.29, 1.82) is 0 Å². The molecular weight excluding hydrogens is 258 g/mol. The van der Waals surface area contributed by atoms with Crippen LogP contribution in [0.5, 0.6) is 0 Å². The Kier molecular flexibility index (Phi) is 4.47. The Balaban J connectivity index is 2.26. The van der Waals surface area contributed by atoms with Crippen LogP contribution in [-0.4, -0.2) is 47.5 Å². The number of aromatic nitrogens is 2. The topological polar surface area (TPSA) is 63.9 Å². The van der Waals surface area contributed by atoms with Crippen LogP contribution in [0, 0.1) is 0 Å². The van der Waals surface area contributed by atoms with Gasteiger partial charge in [-0.3, -0.25) is 14.0 Å². The smallest absolute Gasteiger partial charge is 0.270 e. The molecule has 0 unspecified atom stereocenters. The first-order chi connectivity index (χ1) is 9.65. The van der Waals surface area contributed by atoms with Crippen molar-refractivity contribution in [1.82, 2.24) is 14.3 Å². The molecule has 2 aromatic heterocycles. The number of ether oxygens (including phenoxy) is 1. The van der Waals surface area contributed by atoms with Gasteiger partial charge in [0.2, 0.25) is 0 Å². The van der Waals surface area contributed by atoms with Crippen LogP contribution in [-0.2, 0) is 4.74 Å². The first-order valence-electron chi connectivity index (χ1n) is 6.36. The highest BCUT2D eigenvalue weighted by Gasteiger charge is 2.16. The van der Waals surface area contributed by atoms with Gasteiger partial charge in [-0.05, 0) is 18.6 Å². The van der Waals surface area contributed by atoms with Gasteiger partial charge in [0.05, 0.1) is 0 Å².